The van der Waals surface area contributed by atoms with Crippen molar-refractivity contribution in [3.8, 4) is 0 Å². The number of ketones is 1. The Morgan fingerprint density at radius 3 is 2.42 bits per heavy atom. The molecule has 1 unspecified atom stereocenters. The predicted molar refractivity (Wildman–Crippen MR) is 144 cm³/mol. The number of carbonyl (C=O) groups excluding carboxylic acids is 4. The van der Waals surface area contributed by atoms with Crippen molar-refractivity contribution in [3.05, 3.63) is 35.9 Å². The highest BCUT2D eigenvalue weighted by molar-refractivity contribution is 8.15. The Balaban J connectivity index is 1.44. The number of amides is 2. The van der Waals surface area contributed by atoms with E-state index >= 15 is 0 Å². The van der Waals surface area contributed by atoms with Crippen LogP contribution in [0, 0.1) is 5.92 Å². The smallest absolute Gasteiger partial charge is 0.257 e. The van der Waals surface area contributed by atoms with Gasteiger partial charge in [0, 0.05) is 18.6 Å². The van der Waals surface area contributed by atoms with Gasteiger partial charge >= 0.3 is 0 Å². The Hall–Kier alpha value is -2.28. The third-order valence-corrected chi connectivity index (χ3v) is 10.3. The lowest BCUT2D eigenvalue weighted by molar-refractivity contribution is -0.144. The van der Waals surface area contributed by atoms with Crippen LogP contribution in [0.5, 0.6) is 0 Å². The lowest BCUT2D eigenvalue weighted by atomic mass is 9.80. The first-order chi connectivity index (χ1) is 18.1. The van der Waals surface area contributed by atoms with E-state index in [2.05, 4.69) is 5.32 Å². The number of nitrogens with zero attached hydrogens (tertiary/aromatic N) is 2. The van der Waals surface area contributed by atoms with Crippen LogP contribution in [-0.4, -0.2) is 83.3 Å². The molecule has 0 bridgehead atoms. The monoisotopic (exact) mass is 564 g/mol. The molecule has 2 amide bonds. The molecule has 208 valence electrons. The summed E-state index contributed by atoms with van der Waals surface area (Å²) in [7, 11) is -3.72. The highest BCUT2D eigenvalue weighted by Crippen LogP contribution is 2.32. The summed E-state index contributed by atoms with van der Waals surface area (Å²) in [5, 5.41) is 2.24. The second-order valence-corrected chi connectivity index (χ2v) is 13.5. The number of piperazine rings is 1. The van der Waals surface area contributed by atoms with E-state index in [4.69, 9.17) is 5.73 Å². The lowest BCUT2D eigenvalue weighted by Gasteiger charge is -2.39. The van der Waals surface area contributed by atoms with Gasteiger partial charge in [-0.3, -0.25) is 19.2 Å². The van der Waals surface area contributed by atoms with Crippen LogP contribution in [0.15, 0.2) is 30.3 Å². The number of nitrogens with two attached hydrogens (primary N) is 1. The van der Waals surface area contributed by atoms with E-state index < -0.39 is 50.9 Å². The van der Waals surface area contributed by atoms with E-state index in [-0.39, 0.29) is 30.8 Å². The summed E-state index contributed by atoms with van der Waals surface area (Å²) in [6, 6.07) is 6.66. The molecule has 2 aliphatic heterocycles. The molecule has 1 aromatic rings. The molecule has 1 saturated carbocycles. The van der Waals surface area contributed by atoms with Gasteiger partial charge < -0.3 is 16.0 Å². The molecule has 0 aromatic heterocycles. The number of benzene rings is 1. The zero-order chi connectivity index (χ0) is 27.4. The largest absolute Gasteiger partial charge is 0.344 e. The fourth-order valence-electron chi connectivity index (χ4n) is 5.77. The van der Waals surface area contributed by atoms with Crippen LogP contribution in [0.3, 0.4) is 0 Å². The van der Waals surface area contributed by atoms with Crippen molar-refractivity contribution < 1.29 is 27.6 Å². The number of hydrogen-bond acceptors (Lipinski definition) is 8. The minimum atomic E-state index is -3.72. The first kappa shape index (κ1) is 28.7. The number of sulfonamides is 1. The predicted octanol–water partition coefficient (Wildman–Crippen LogP) is 1.04. The van der Waals surface area contributed by atoms with Crippen molar-refractivity contribution in [1.29, 1.82) is 0 Å². The minimum Gasteiger partial charge on any atom is -0.344 e. The molecule has 12 heteroatoms. The maximum atomic E-state index is 13.4. The van der Waals surface area contributed by atoms with Crippen molar-refractivity contribution in [3.63, 3.8) is 0 Å². The first-order valence-corrected chi connectivity index (χ1v) is 15.8. The van der Waals surface area contributed by atoms with E-state index in [1.807, 2.05) is 6.07 Å². The Labute approximate surface area is 228 Å². The van der Waals surface area contributed by atoms with Gasteiger partial charge in [0.05, 0.1) is 18.3 Å². The Bertz CT molecular complexity index is 1150. The number of thioether (sulfide) groups is 1. The van der Waals surface area contributed by atoms with E-state index in [1.165, 1.54) is 9.21 Å². The maximum absolute atomic E-state index is 13.4. The van der Waals surface area contributed by atoms with Crippen LogP contribution in [-0.2, 0) is 35.0 Å². The van der Waals surface area contributed by atoms with Crippen LogP contribution in [0.25, 0.3) is 0 Å². The van der Waals surface area contributed by atoms with Gasteiger partial charge in [-0.1, -0.05) is 49.0 Å². The van der Waals surface area contributed by atoms with Crippen molar-refractivity contribution in [1.82, 2.24) is 14.5 Å². The fraction of sp³-hybridized carbons (Fsp3) is 0.615. The van der Waals surface area contributed by atoms with Gasteiger partial charge in [-0.25, -0.2) is 8.42 Å². The summed E-state index contributed by atoms with van der Waals surface area (Å²) in [5.41, 5.74) is 6.66. The first-order valence-electron chi connectivity index (χ1n) is 13.2. The molecule has 3 fully saturated rings. The van der Waals surface area contributed by atoms with Crippen LogP contribution in [0.1, 0.15) is 51.0 Å². The number of hydrogen-bond donors (Lipinski definition) is 2. The molecule has 2 heterocycles. The van der Waals surface area contributed by atoms with Gasteiger partial charge in [-0.05, 0) is 55.8 Å². The molecule has 0 spiro atoms. The second kappa shape index (κ2) is 12.3. The molecule has 10 nitrogen and oxygen atoms in total. The summed E-state index contributed by atoms with van der Waals surface area (Å²) in [6.07, 6.45) is 3.52. The number of carbonyl (C=O) groups is 4. The minimum absolute atomic E-state index is 0.0427. The van der Waals surface area contributed by atoms with Crippen molar-refractivity contribution in [2.24, 2.45) is 11.7 Å². The van der Waals surface area contributed by atoms with Crippen LogP contribution >= 0.6 is 11.8 Å². The summed E-state index contributed by atoms with van der Waals surface area (Å²) in [6.45, 7) is 1.58. The molecule has 4 rings (SSSR count). The van der Waals surface area contributed by atoms with Crippen molar-refractivity contribution in [2.45, 2.75) is 75.4 Å². The Morgan fingerprint density at radius 2 is 1.76 bits per heavy atom. The van der Waals surface area contributed by atoms with Gasteiger partial charge in [0.25, 0.3) is 5.12 Å². The third-order valence-electron chi connectivity index (χ3n) is 7.75. The van der Waals surface area contributed by atoms with Gasteiger partial charge in [-0.15, -0.1) is 0 Å². The van der Waals surface area contributed by atoms with Gasteiger partial charge in [-0.2, -0.15) is 4.31 Å². The average Bonchev–Trinajstić information content (AvgIpc) is 3.33. The number of nitrogens with one attached hydrogen (secondary N) is 1. The standard InChI is InChI=1S/C26H36N4O6S2/c1-2-37-26(34)24(32)23(18-8-10-19(27)11-9-18)28-25(33)21-13-12-20-14-29(15-22(31)30(20)21)38(35,36)16-17-6-4-3-5-7-17/h3-7,18-21,23H,2,8-16,27H2,1H3,(H,28,33)/t18?,19?,20-,21-,23?/m0/s1. The molecule has 2 saturated heterocycles. The van der Waals surface area contributed by atoms with Crippen molar-refractivity contribution in [2.75, 3.05) is 18.8 Å². The molecule has 0 radical (unpaired) electrons. The summed E-state index contributed by atoms with van der Waals surface area (Å²) < 4.78 is 27.3. The number of rotatable bonds is 9. The average molecular weight is 565 g/mol. The molecule has 38 heavy (non-hydrogen) atoms. The fourth-order valence-corrected chi connectivity index (χ4v) is 7.81. The van der Waals surface area contributed by atoms with E-state index in [0.29, 0.717) is 49.8 Å². The second-order valence-electron chi connectivity index (χ2n) is 10.3. The van der Waals surface area contributed by atoms with E-state index in [0.717, 1.165) is 11.8 Å². The van der Waals surface area contributed by atoms with Gasteiger partial charge in [0.2, 0.25) is 27.6 Å². The van der Waals surface area contributed by atoms with Gasteiger partial charge in [0.1, 0.15) is 6.04 Å². The highest BCUT2D eigenvalue weighted by Gasteiger charge is 2.48. The van der Waals surface area contributed by atoms with E-state index in [1.54, 1.807) is 31.2 Å². The third kappa shape index (κ3) is 6.47. The number of fused-ring (bicyclic) bond motifs is 1. The Kier molecular flexibility index (Phi) is 9.27. The topological polar surface area (TPSA) is 147 Å². The van der Waals surface area contributed by atoms with Crippen LogP contribution in [0.2, 0.25) is 0 Å². The normalized spacial score (nSPS) is 27.0. The zero-order valence-electron chi connectivity index (χ0n) is 21.6. The van der Waals surface area contributed by atoms with Crippen molar-refractivity contribution >= 4 is 44.5 Å². The molecule has 3 N–H and O–H groups in total. The van der Waals surface area contributed by atoms with E-state index in [9.17, 15) is 27.6 Å². The highest BCUT2D eigenvalue weighted by atomic mass is 32.2. The summed E-state index contributed by atoms with van der Waals surface area (Å²) >= 11 is 0.922. The van der Waals surface area contributed by atoms with Gasteiger partial charge in [0.15, 0.2) is 0 Å². The molecule has 1 aromatic carbocycles. The summed E-state index contributed by atoms with van der Waals surface area (Å²) in [5.74, 6) is -1.46. The molecular formula is C26H36N4O6S2. The lowest BCUT2D eigenvalue weighted by Crippen LogP contribution is -2.61. The quantitative estimate of drug-likeness (QED) is 0.423. The SMILES string of the molecule is CCSC(=O)C(=O)C(NC(=O)[C@@H]1CC[C@H]2CN(S(=O)(=O)Cc3ccccc3)CC(=O)N21)C1CCC(N)CC1. The molecule has 3 aliphatic rings. The molecular weight excluding hydrogens is 528 g/mol. The number of Topliss-reactive ketones (excluding diaryl/α,β-unsaturated/α-hetero) is 1. The molecule has 3 atom stereocenters. The molecule has 1 aliphatic carbocycles. The maximum Gasteiger partial charge on any atom is 0.257 e. The Morgan fingerprint density at radius 1 is 1.08 bits per heavy atom. The van der Waals surface area contributed by atoms with Crippen LogP contribution < -0.4 is 11.1 Å². The summed E-state index contributed by atoms with van der Waals surface area (Å²) in [4.78, 5) is 53.6. The zero-order valence-corrected chi connectivity index (χ0v) is 23.2. The van der Waals surface area contributed by atoms with Crippen LogP contribution in [0.4, 0.5) is 0 Å².